The second-order valence-corrected chi connectivity index (χ2v) is 5.02. The summed E-state index contributed by atoms with van der Waals surface area (Å²) in [6.45, 7) is 1.14. The van der Waals surface area contributed by atoms with Crippen LogP contribution in [0.1, 0.15) is 6.42 Å². The van der Waals surface area contributed by atoms with Gasteiger partial charge in [0.05, 0.1) is 11.0 Å². The van der Waals surface area contributed by atoms with Gasteiger partial charge in [0.25, 0.3) is 5.69 Å². The lowest BCUT2D eigenvalue weighted by Gasteiger charge is -2.17. The molecule has 1 aliphatic heterocycles. The Labute approximate surface area is 106 Å². The number of nitro groups is 1. The normalized spacial score (nSPS) is 20.1. The lowest BCUT2D eigenvalue weighted by molar-refractivity contribution is -0.384. The Morgan fingerprint density at radius 3 is 2.88 bits per heavy atom. The van der Waals surface area contributed by atoms with Crippen LogP contribution in [0.15, 0.2) is 18.2 Å². The molecule has 2 rings (SSSR count). The summed E-state index contributed by atoms with van der Waals surface area (Å²) in [5, 5.41) is 20.4. The van der Waals surface area contributed by atoms with Crippen molar-refractivity contribution in [3.05, 3.63) is 31.9 Å². The number of nitro benzene ring substituents is 1. The quantitative estimate of drug-likeness (QED) is 0.509. The molecule has 16 heavy (non-hydrogen) atoms. The number of anilines is 1. The van der Waals surface area contributed by atoms with Crippen LogP contribution >= 0.6 is 22.6 Å². The highest BCUT2D eigenvalue weighted by molar-refractivity contribution is 14.1. The summed E-state index contributed by atoms with van der Waals surface area (Å²) in [4.78, 5) is 12.4. The van der Waals surface area contributed by atoms with Gasteiger partial charge >= 0.3 is 0 Å². The third-order valence-electron chi connectivity index (χ3n) is 2.64. The monoisotopic (exact) mass is 334 g/mol. The third-order valence-corrected chi connectivity index (χ3v) is 3.31. The van der Waals surface area contributed by atoms with Gasteiger partial charge in [-0.25, -0.2) is 0 Å². The molecule has 1 aromatic carbocycles. The number of rotatable bonds is 2. The maximum atomic E-state index is 10.9. The Balaban J connectivity index is 2.36. The average molecular weight is 334 g/mol. The summed E-state index contributed by atoms with van der Waals surface area (Å²) in [5.41, 5.74) is 0.711. The number of hydrogen-bond donors (Lipinski definition) is 1. The van der Waals surface area contributed by atoms with Crippen LogP contribution < -0.4 is 4.90 Å². The molecule has 0 spiro atoms. The van der Waals surface area contributed by atoms with Crippen molar-refractivity contribution in [3.8, 4) is 0 Å². The van der Waals surface area contributed by atoms with Crippen molar-refractivity contribution in [1.29, 1.82) is 0 Å². The molecular formula is C10H11IN2O3. The van der Waals surface area contributed by atoms with Gasteiger partial charge in [-0.3, -0.25) is 10.1 Å². The summed E-state index contributed by atoms with van der Waals surface area (Å²) >= 11 is 2.05. The fourth-order valence-electron chi connectivity index (χ4n) is 1.87. The topological polar surface area (TPSA) is 66.6 Å². The maximum Gasteiger partial charge on any atom is 0.293 e. The van der Waals surface area contributed by atoms with Gasteiger partial charge in [-0.15, -0.1) is 0 Å². The van der Waals surface area contributed by atoms with Crippen LogP contribution in [0.2, 0.25) is 0 Å². The van der Waals surface area contributed by atoms with Gasteiger partial charge in [-0.2, -0.15) is 0 Å². The fourth-order valence-corrected chi connectivity index (χ4v) is 2.35. The molecular weight excluding hydrogens is 323 g/mol. The molecule has 1 atom stereocenters. The van der Waals surface area contributed by atoms with E-state index in [0.29, 0.717) is 25.2 Å². The number of hydrogen-bond acceptors (Lipinski definition) is 4. The van der Waals surface area contributed by atoms with Gasteiger partial charge in [0.15, 0.2) is 0 Å². The van der Waals surface area contributed by atoms with Gasteiger partial charge in [-0.05, 0) is 41.1 Å². The first-order valence-corrected chi connectivity index (χ1v) is 6.03. The van der Waals surface area contributed by atoms with Crippen LogP contribution in [0.25, 0.3) is 0 Å². The van der Waals surface area contributed by atoms with E-state index in [9.17, 15) is 15.2 Å². The number of halogens is 1. The highest BCUT2D eigenvalue weighted by atomic mass is 127. The van der Waals surface area contributed by atoms with Gasteiger partial charge in [0, 0.05) is 22.7 Å². The van der Waals surface area contributed by atoms with Crippen molar-refractivity contribution in [3.63, 3.8) is 0 Å². The molecule has 0 aliphatic carbocycles. The maximum absolute atomic E-state index is 10.9. The molecule has 0 radical (unpaired) electrons. The lowest BCUT2D eigenvalue weighted by atomic mass is 10.2. The van der Waals surface area contributed by atoms with E-state index in [1.54, 1.807) is 12.1 Å². The summed E-state index contributed by atoms with van der Waals surface area (Å²) < 4.78 is 0.841. The standard InChI is InChI=1S/C10H11IN2O3/c11-7-1-2-9(10(5-7)13(15)16)12-4-3-8(14)6-12/h1-2,5,8,14H,3-4,6H2. The molecule has 0 saturated carbocycles. The van der Waals surface area contributed by atoms with Crippen molar-refractivity contribution >= 4 is 34.0 Å². The van der Waals surface area contributed by atoms with Gasteiger partial charge in [-0.1, -0.05) is 0 Å². The van der Waals surface area contributed by atoms with E-state index < -0.39 is 0 Å². The molecule has 5 nitrogen and oxygen atoms in total. The van der Waals surface area contributed by atoms with E-state index in [4.69, 9.17) is 0 Å². The lowest BCUT2D eigenvalue weighted by Crippen LogP contribution is -2.22. The number of β-amino-alcohol motifs (C(OH)–C–C–N with tert-alkyl or cyclic N) is 1. The van der Waals surface area contributed by atoms with Crippen molar-refractivity contribution in [2.24, 2.45) is 0 Å². The second-order valence-electron chi connectivity index (χ2n) is 3.78. The first-order chi connectivity index (χ1) is 7.58. The first-order valence-electron chi connectivity index (χ1n) is 4.95. The van der Waals surface area contributed by atoms with E-state index in [-0.39, 0.29) is 16.7 Å². The first kappa shape index (κ1) is 11.6. The SMILES string of the molecule is O=[N+]([O-])c1cc(I)ccc1N1CCC(O)C1. The Hall–Kier alpha value is -0.890. The predicted octanol–water partition coefficient (Wildman–Crippen LogP) is 1.77. The smallest absolute Gasteiger partial charge is 0.293 e. The highest BCUT2D eigenvalue weighted by Gasteiger charge is 2.26. The van der Waals surface area contributed by atoms with Gasteiger partial charge in [0.1, 0.15) is 5.69 Å². The molecule has 1 unspecified atom stereocenters. The molecule has 0 amide bonds. The third kappa shape index (κ3) is 2.27. The Morgan fingerprint density at radius 1 is 1.56 bits per heavy atom. The summed E-state index contributed by atoms with van der Waals surface area (Å²) in [6.07, 6.45) is 0.294. The van der Waals surface area contributed by atoms with E-state index in [1.807, 2.05) is 11.0 Å². The van der Waals surface area contributed by atoms with Crippen LogP contribution in [0.5, 0.6) is 0 Å². The predicted molar refractivity (Wildman–Crippen MR) is 68.7 cm³/mol. The summed E-state index contributed by atoms with van der Waals surface area (Å²) in [6, 6.07) is 5.14. The van der Waals surface area contributed by atoms with Crippen LogP contribution in [0, 0.1) is 13.7 Å². The zero-order valence-electron chi connectivity index (χ0n) is 8.47. The Kier molecular flexibility index (Phi) is 3.29. The van der Waals surface area contributed by atoms with E-state index in [0.717, 1.165) is 3.57 Å². The zero-order valence-corrected chi connectivity index (χ0v) is 10.6. The molecule has 1 aromatic rings. The molecule has 1 aliphatic rings. The van der Waals surface area contributed by atoms with Gasteiger partial charge in [0.2, 0.25) is 0 Å². The van der Waals surface area contributed by atoms with Crippen molar-refractivity contribution in [2.75, 3.05) is 18.0 Å². The number of benzene rings is 1. The van der Waals surface area contributed by atoms with Crippen molar-refractivity contribution in [2.45, 2.75) is 12.5 Å². The number of aliphatic hydroxyl groups is 1. The molecule has 1 N–H and O–H groups in total. The molecule has 1 heterocycles. The fraction of sp³-hybridized carbons (Fsp3) is 0.400. The summed E-state index contributed by atoms with van der Waals surface area (Å²) in [5.74, 6) is 0. The molecule has 86 valence electrons. The Morgan fingerprint density at radius 2 is 2.31 bits per heavy atom. The molecule has 1 fully saturated rings. The average Bonchev–Trinajstić information content (AvgIpc) is 2.64. The minimum Gasteiger partial charge on any atom is -0.391 e. The molecule has 0 aromatic heterocycles. The van der Waals surface area contributed by atoms with Gasteiger partial charge < -0.3 is 10.0 Å². The Bertz CT molecular complexity index is 425. The minimum absolute atomic E-state index is 0.112. The molecule has 1 saturated heterocycles. The van der Waals surface area contributed by atoms with Crippen LogP contribution in [0.3, 0.4) is 0 Å². The minimum atomic E-state index is -0.376. The molecule has 6 heteroatoms. The van der Waals surface area contributed by atoms with Crippen LogP contribution in [-0.2, 0) is 0 Å². The number of aliphatic hydroxyl groups excluding tert-OH is 1. The van der Waals surface area contributed by atoms with E-state index >= 15 is 0 Å². The van der Waals surface area contributed by atoms with E-state index in [2.05, 4.69) is 22.6 Å². The van der Waals surface area contributed by atoms with Crippen LogP contribution in [0.4, 0.5) is 11.4 Å². The van der Waals surface area contributed by atoms with Crippen molar-refractivity contribution in [1.82, 2.24) is 0 Å². The van der Waals surface area contributed by atoms with E-state index in [1.165, 1.54) is 0 Å². The second kappa shape index (κ2) is 4.54. The highest BCUT2D eigenvalue weighted by Crippen LogP contribution is 2.31. The summed E-state index contributed by atoms with van der Waals surface area (Å²) in [7, 11) is 0. The largest absolute Gasteiger partial charge is 0.391 e. The van der Waals surface area contributed by atoms with Crippen LogP contribution in [-0.4, -0.2) is 29.2 Å². The molecule has 0 bridgehead atoms. The number of nitrogens with zero attached hydrogens (tertiary/aromatic N) is 2. The van der Waals surface area contributed by atoms with Crippen molar-refractivity contribution < 1.29 is 10.0 Å². The zero-order chi connectivity index (χ0) is 11.7.